The minimum Gasteiger partial charge on any atom is -0.349 e. The summed E-state index contributed by atoms with van der Waals surface area (Å²) in [4.78, 5) is 16.9. The van der Waals surface area contributed by atoms with Crippen LogP contribution in [-0.2, 0) is 6.54 Å². The zero-order valence-electron chi connectivity index (χ0n) is 16.8. The van der Waals surface area contributed by atoms with Crippen molar-refractivity contribution >= 4 is 41.6 Å². The first kappa shape index (κ1) is 25.0. The molecule has 0 bridgehead atoms. The van der Waals surface area contributed by atoms with Crippen LogP contribution in [0.3, 0.4) is 0 Å². The molecule has 1 aliphatic carbocycles. The zero-order valence-corrected chi connectivity index (χ0v) is 18.4. The maximum atomic E-state index is 13.3. The van der Waals surface area contributed by atoms with Gasteiger partial charge in [-0.1, -0.05) is 24.3 Å². The fourth-order valence-corrected chi connectivity index (χ4v) is 3.80. The molecule has 0 aliphatic heterocycles. The molecule has 1 fully saturated rings. The van der Waals surface area contributed by atoms with Crippen molar-refractivity contribution in [2.24, 2.45) is 0 Å². The first-order valence-corrected chi connectivity index (χ1v) is 9.92. The second-order valence-electron chi connectivity index (χ2n) is 7.53. The highest BCUT2D eigenvalue weighted by Crippen LogP contribution is 2.20. The lowest BCUT2D eigenvalue weighted by molar-refractivity contribution is 0.0923. The van der Waals surface area contributed by atoms with Crippen LogP contribution in [0.1, 0.15) is 41.7 Å². The molecule has 2 N–H and O–H groups in total. The van der Waals surface area contributed by atoms with E-state index >= 15 is 0 Å². The van der Waals surface area contributed by atoms with Gasteiger partial charge >= 0.3 is 0 Å². The molecule has 4 rings (SSSR count). The van der Waals surface area contributed by atoms with Gasteiger partial charge in [0.15, 0.2) is 11.6 Å². The van der Waals surface area contributed by atoms with Gasteiger partial charge in [0, 0.05) is 29.6 Å². The number of carbonyl (C=O) groups is 1. The number of carbonyl (C=O) groups excluding carboxylic acids is 1. The van der Waals surface area contributed by atoms with Gasteiger partial charge in [0.1, 0.15) is 0 Å². The van der Waals surface area contributed by atoms with E-state index in [1.807, 2.05) is 24.3 Å². The normalized spacial score (nSPS) is 18.0. The Kier molecular flexibility index (Phi) is 9.16. The van der Waals surface area contributed by atoms with E-state index in [0.29, 0.717) is 12.6 Å². The van der Waals surface area contributed by atoms with Gasteiger partial charge < -0.3 is 10.6 Å². The van der Waals surface area contributed by atoms with E-state index in [1.165, 1.54) is 6.07 Å². The minimum absolute atomic E-state index is 0. The predicted octanol–water partition coefficient (Wildman–Crippen LogP) is 5.19. The third-order valence-corrected chi connectivity index (χ3v) is 5.47. The van der Waals surface area contributed by atoms with Crippen molar-refractivity contribution in [2.45, 2.75) is 44.3 Å². The van der Waals surface area contributed by atoms with Crippen LogP contribution in [0, 0.1) is 11.6 Å². The Morgan fingerprint density at radius 1 is 0.903 bits per heavy atom. The molecule has 3 aromatic rings. The standard InChI is InChI=1S/C23H23F2N3O.2ClH/c24-20-12-6-16(13-21(20)25)23(29)28-18-10-8-17(9-11-18)26-14-19-7-5-15-3-1-2-4-22(15)27-19;;/h1-7,12-13,17-18,26H,8-11,14H2,(H,28,29);2*1H/t17-,18+;;. The van der Waals surface area contributed by atoms with Crippen LogP contribution in [0.15, 0.2) is 54.6 Å². The molecule has 8 heteroatoms. The van der Waals surface area contributed by atoms with Gasteiger partial charge in [-0.25, -0.2) is 8.78 Å². The van der Waals surface area contributed by atoms with Gasteiger partial charge in [-0.05, 0) is 56.0 Å². The van der Waals surface area contributed by atoms with E-state index in [0.717, 1.165) is 54.4 Å². The Morgan fingerprint density at radius 2 is 1.61 bits per heavy atom. The van der Waals surface area contributed by atoms with Crippen LogP contribution in [0.4, 0.5) is 8.78 Å². The average molecular weight is 468 g/mol. The van der Waals surface area contributed by atoms with E-state index < -0.39 is 11.6 Å². The third kappa shape index (κ3) is 6.35. The third-order valence-electron chi connectivity index (χ3n) is 5.47. The van der Waals surface area contributed by atoms with Crippen molar-refractivity contribution in [1.29, 1.82) is 0 Å². The number of amides is 1. The fourth-order valence-electron chi connectivity index (χ4n) is 3.80. The highest BCUT2D eigenvalue weighted by atomic mass is 35.5. The molecule has 1 aromatic heterocycles. The number of nitrogens with one attached hydrogen (secondary N) is 2. The van der Waals surface area contributed by atoms with Crippen LogP contribution < -0.4 is 10.6 Å². The highest BCUT2D eigenvalue weighted by Gasteiger charge is 2.23. The molecule has 2 aromatic carbocycles. The molecule has 0 saturated heterocycles. The van der Waals surface area contributed by atoms with Crippen LogP contribution in [0.25, 0.3) is 10.9 Å². The number of para-hydroxylation sites is 1. The van der Waals surface area contributed by atoms with Crippen molar-refractivity contribution < 1.29 is 13.6 Å². The van der Waals surface area contributed by atoms with E-state index in [2.05, 4.69) is 27.8 Å². The topological polar surface area (TPSA) is 54.0 Å². The van der Waals surface area contributed by atoms with Crippen molar-refractivity contribution in [2.75, 3.05) is 0 Å². The number of rotatable bonds is 5. The summed E-state index contributed by atoms with van der Waals surface area (Å²) < 4.78 is 26.3. The number of nitrogens with zero attached hydrogens (tertiary/aromatic N) is 1. The summed E-state index contributed by atoms with van der Waals surface area (Å²) in [5, 5.41) is 7.62. The van der Waals surface area contributed by atoms with Gasteiger partial charge in [-0.15, -0.1) is 24.8 Å². The molecule has 1 amide bonds. The number of fused-ring (bicyclic) bond motifs is 1. The van der Waals surface area contributed by atoms with Gasteiger partial charge in [0.25, 0.3) is 5.91 Å². The Morgan fingerprint density at radius 3 is 2.35 bits per heavy atom. The van der Waals surface area contributed by atoms with Crippen LogP contribution in [0.2, 0.25) is 0 Å². The number of hydrogen-bond donors (Lipinski definition) is 2. The van der Waals surface area contributed by atoms with E-state index in [4.69, 9.17) is 0 Å². The molecular weight excluding hydrogens is 443 g/mol. The molecule has 4 nitrogen and oxygen atoms in total. The molecular formula is C23H25Cl2F2N3O. The zero-order chi connectivity index (χ0) is 20.2. The summed E-state index contributed by atoms with van der Waals surface area (Å²) in [7, 11) is 0. The Labute approximate surface area is 192 Å². The Balaban J connectivity index is 0.00000171. The van der Waals surface area contributed by atoms with Crippen LogP contribution in [0.5, 0.6) is 0 Å². The Hall–Kier alpha value is -2.28. The maximum Gasteiger partial charge on any atom is 0.251 e. The molecule has 0 spiro atoms. The molecule has 0 unspecified atom stereocenters. The molecule has 1 saturated carbocycles. The van der Waals surface area contributed by atoms with E-state index in [1.54, 1.807) is 0 Å². The number of hydrogen-bond acceptors (Lipinski definition) is 3. The summed E-state index contributed by atoms with van der Waals surface area (Å²) >= 11 is 0. The summed E-state index contributed by atoms with van der Waals surface area (Å²) in [6.45, 7) is 0.710. The Bertz CT molecular complexity index is 1030. The molecule has 31 heavy (non-hydrogen) atoms. The van der Waals surface area contributed by atoms with Crippen LogP contribution in [-0.4, -0.2) is 23.0 Å². The first-order valence-electron chi connectivity index (χ1n) is 9.92. The molecule has 0 radical (unpaired) electrons. The van der Waals surface area contributed by atoms with Crippen molar-refractivity contribution in [3.05, 3.63) is 77.5 Å². The smallest absolute Gasteiger partial charge is 0.251 e. The van der Waals surface area contributed by atoms with Crippen molar-refractivity contribution in [3.63, 3.8) is 0 Å². The van der Waals surface area contributed by atoms with Gasteiger partial charge in [0.2, 0.25) is 0 Å². The second kappa shape index (κ2) is 11.4. The van der Waals surface area contributed by atoms with Gasteiger partial charge in [-0.3, -0.25) is 9.78 Å². The fraction of sp³-hybridized carbons (Fsp3) is 0.304. The summed E-state index contributed by atoms with van der Waals surface area (Å²) in [5.74, 6) is -2.32. The quantitative estimate of drug-likeness (QED) is 0.542. The number of halogens is 4. The second-order valence-corrected chi connectivity index (χ2v) is 7.53. The van der Waals surface area contributed by atoms with Crippen molar-refractivity contribution in [3.8, 4) is 0 Å². The monoisotopic (exact) mass is 467 g/mol. The highest BCUT2D eigenvalue weighted by molar-refractivity contribution is 5.94. The first-order chi connectivity index (χ1) is 14.1. The largest absolute Gasteiger partial charge is 0.349 e. The van der Waals surface area contributed by atoms with E-state index in [9.17, 15) is 13.6 Å². The summed E-state index contributed by atoms with van der Waals surface area (Å²) in [6.07, 6.45) is 3.57. The summed E-state index contributed by atoms with van der Waals surface area (Å²) in [6, 6.07) is 15.8. The maximum absolute atomic E-state index is 13.3. The lowest BCUT2D eigenvalue weighted by Gasteiger charge is -2.29. The average Bonchev–Trinajstić information content (AvgIpc) is 2.75. The lowest BCUT2D eigenvalue weighted by atomic mass is 9.91. The minimum atomic E-state index is -1.01. The predicted molar refractivity (Wildman–Crippen MR) is 123 cm³/mol. The number of benzene rings is 2. The lowest BCUT2D eigenvalue weighted by Crippen LogP contribution is -2.42. The van der Waals surface area contributed by atoms with Crippen LogP contribution >= 0.6 is 24.8 Å². The number of aromatic nitrogens is 1. The number of pyridine rings is 1. The molecule has 1 heterocycles. The van der Waals surface area contributed by atoms with Crippen molar-refractivity contribution in [1.82, 2.24) is 15.6 Å². The van der Waals surface area contributed by atoms with Gasteiger partial charge in [0.05, 0.1) is 11.2 Å². The molecule has 0 atom stereocenters. The van der Waals surface area contributed by atoms with Gasteiger partial charge in [-0.2, -0.15) is 0 Å². The SMILES string of the molecule is Cl.Cl.O=C(N[C@H]1CC[C@@H](NCc2ccc3ccccc3n2)CC1)c1ccc(F)c(F)c1. The molecule has 166 valence electrons. The molecule has 1 aliphatic rings. The summed E-state index contributed by atoms with van der Waals surface area (Å²) in [5.41, 5.74) is 2.15. The van der Waals surface area contributed by atoms with E-state index in [-0.39, 0.29) is 42.3 Å².